The van der Waals surface area contributed by atoms with E-state index in [9.17, 15) is 4.79 Å². The molecule has 0 fully saturated rings. The molecular formula is C34H46BN2O2P. The molecule has 40 heavy (non-hydrogen) atoms. The maximum Gasteiger partial charge on any atom is 0.351 e. The summed E-state index contributed by atoms with van der Waals surface area (Å²) in [5.41, 5.74) is 12.2. The fourth-order valence-electron chi connectivity index (χ4n) is 6.55. The van der Waals surface area contributed by atoms with Crippen molar-refractivity contribution in [2.75, 3.05) is 6.61 Å². The molecule has 0 unspecified atom stereocenters. The second kappa shape index (κ2) is 13.2. The SMILES string of the molecule is CCOC(=O)/C=N/N=P(c1ccccc1B(c1c(C)cc(C)cc1C)c1c(C)cc(C)cc1C)(C(C)C)C(C)C. The van der Waals surface area contributed by atoms with Gasteiger partial charge < -0.3 is 4.74 Å². The molecule has 212 valence electrons. The summed E-state index contributed by atoms with van der Waals surface area (Å²) in [5, 5.41) is 5.65. The molecule has 0 bridgehead atoms. The van der Waals surface area contributed by atoms with E-state index in [0.717, 1.165) is 0 Å². The molecule has 3 rings (SSSR count). The van der Waals surface area contributed by atoms with Crippen molar-refractivity contribution in [1.82, 2.24) is 0 Å². The van der Waals surface area contributed by atoms with Crippen LogP contribution in [0.5, 0.6) is 0 Å². The number of ether oxygens (including phenoxy) is 1. The molecule has 0 saturated carbocycles. The zero-order valence-corrected chi connectivity index (χ0v) is 27.2. The minimum Gasteiger partial charge on any atom is -0.462 e. The average molecular weight is 557 g/mol. The molecule has 0 heterocycles. The van der Waals surface area contributed by atoms with Crippen LogP contribution in [-0.2, 0) is 9.53 Å². The topological polar surface area (TPSA) is 51.0 Å². The Morgan fingerprint density at radius 1 is 0.825 bits per heavy atom. The Morgan fingerprint density at radius 3 is 1.70 bits per heavy atom. The van der Waals surface area contributed by atoms with Crippen LogP contribution in [0.1, 0.15) is 68.0 Å². The highest BCUT2D eigenvalue weighted by atomic mass is 31.2. The molecule has 0 aliphatic heterocycles. The third kappa shape index (κ3) is 6.36. The van der Waals surface area contributed by atoms with Gasteiger partial charge in [-0.2, -0.15) is 9.96 Å². The van der Waals surface area contributed by atoms with Crippen LogP contribution in [0.3, 0.4) is 0 Å². The number of hydrogen-bond acceptors (Lipinski definition) is 3. The molecule has 0 spiro atoms. The Balaban J connectivity index is 2.49. The van der Waals surface area contributed by atoms with Crippen LogP contribution < -0.4 is 21.7 Å². The lowest BCUT2D eigenvalue weighted by molar-refractivity contribution is -0.134. The Morgan fingerprint density at radius 2 is 1.27 bits per heavy atom. The van der Waals surface area contributed by atoms with Crippen LogP contribution in [0.25, 0.3) is 0 Å². The van der Waals surface area contributed by atoms with Gasteiger partial charge in [-0.3, -0.25) is 0 Å². The van der Waals surface area contributed by atoms with Crippen LogP contribution in [0.2, 0.25) is 0 Å². The highest BCUT2D eigenvalue weighted by Crippen LogP contribution is 2.57. The predicted octanol–water partition coefficient (Wildman–Crippen LogP) is 6.25. The summed E-state index contributed by atoms with van der Waals surface area (Å²) in [4.78, 5) is 17.2. The number of carbonyl (C=O) groups excluding carboxylic acids is 1. The molecule has 6 heteroatoms. The molecule has 0 aliphatic carbocycles. The predicted molar refractivity (Wildman–Crippen MR) is 177 cm³/mol. The second-order valence-electron chi connectivity index (χ2n) is 11.6. The van der Waals surface area contributed by atoms with E-state index in [1.165, 1.54) is 61.3 Å². The van der Waals surface area contributed by atoms with Gasteiger partial charge in [0.1, 0.15) is 6.21 Å². The maximum atomic E-state index is 12.1. The number of esters is 1. The number of nitrogens with zero attached hydrogens (tertiary/aromatic N) is 2. The van der Waals surface area contributed by atoms with Gasteiger partial charge in [-0.25, -0.2) is 4.79 Å². The van der Waals surface area contributed by atoms with E-state index in [1.807, 2.05) is 0 Å². The van der Waals surface area contributed by atoms with Crippen LogP contribution in [0.4, 0.5) is 0 Å². The van der Waals surface area contributed by atoms with Gasteiger partial charge in [0.25, 0.3) is 0 Å². The fourth-order valence-corrected chi connectivity index (χ4v) is 10.5. The van der Waals surface area contributed by atoms with E-state index >= 15 is 0 Å². The van der Waals surface area contributed by atoms with E-state index in [1.54, 1.807) is 6.92 Å². The summed E-state index contributed by atoms with van der Waals surface area (Å²) in [6, 6.07) is 18.1. The zero-order valence-electron chi connectivity index (χ0n) is 26.3. The summed E-state index contributed by atoms with van der Waals surface area (Å²) >= 11 is 0. The van der Waals surface area contributed by atoms with Gasteiger partial charge in [0, 0.05) is 7.05 Å². The lowest BCUT2D eigenvalue weighted by Crippen LogP contribution is -2.60. The van der Waals surface area contributed by atoms with E-state index in [0.29, 0.717) is 6.61 Å². The minimum atomic E-state index is -2.26. The van der Waals surface area contributed by atoms with E-state index in [2.05, 4.69) is 123 Å². The van der Waals surface area contributed by atoms with Crippen LogP contribution in [0, 0.1) is 41.5 Å². The molecule has 3 aromatic carbocycles. The Labute approximate surface area is 242 Å². The van der Waals surface area contributed by atoms with Gasteiger partial charge in [-0.1, -0.05) is 126 Å². The molecule has 0 aromatic heterocycles. The quantitative estimate of drug-likeness (QED) is 0.103. The monoisotopic (exact) mass is 556 g/mol. The minimum absolute atomic E-state index is 0.0403. The summed E-state index contributed by atoms with van der Waals surface area (Å²) in [6.45, 7) is 24.4. The molecule has 0 aliphatic rings. The van der Waals surface area contributed by atoms with Crippen molar-refractivity contribution >= 4 is 47.6 Å². The summed E-state index contributed by atoms with van der Waals surface area (Å²) in [5.74, 6) is -0.458. The number of rotatable bonds is 9. The fraction of sp³-hybridized carbons (Fsp3) is 0.412. The first-order valence-corrected chi connectivity index (χ1v) is 16.3. The number of carbonyl (C=O) groups is 1. The van der Waals surface area contributed by atoms with Crippen molar-refractivity contribution in [2.45, 2.75) is 87.5 Å². The van der Waals surface area contributed by atoms with Crippen molar-refractivity contribution in [2.24, 2.45) is 9.96 Å². The van der Waals surface area contributed by atoms with Crippen molar-refractivity contribution < 1.29 is 9.53 Å². The highest BCUT2D eigenvalue weighted by molar-refractivity contribution is 7.75. The third-order valence-electron chi connectivity index (χ3n) is 7.91. The van der Waals surface area contributed by atoms with Gasteiger partial charge in [0.15, 0.2) is 0 Å². The molecule has 0 saturated heterocycles. The molecule has 4 nitrogen and oxygen atoms in total. The maximum absolute atomic E-state index is 12.1. The van der Waals surface area contributed by atoms with Gasteiger partial charge in [0.2, 0.25) is 6.71 Å². The summed E-state index contributed by atoms with van der Waals surface area (Å²) in [6.07, 6.45) is 1.23. The van der Waals surface area contributed by atoms with Crippen molar-refractivity contribution in [3.05, 3.63) is 81.9 Å². The number of benzene rings is 3. The summed E-state index contributed by atoms with van der Waals surface area (Å²) < 4.78 is 5.10. The first-order valence-electron chi connectivity index (χ1n) is 14.4. The summed E-state index contributed by atoms with van der Waals surface area (Å²) in [7, 11) is -2.26. The molecule has 3 aromatic rings. The molecule has 0 amide bonds. The van der Waals surface area contributed by atoms with Crippen molar-refractivity contribution in [3.63, 3.8) is 0 Å². The van der Waals surface area contributed by atoms with Gasteiger partial charge >= 0.3 is 5.97 Å². The zero-order chi connectivity index (χ0) is 29.8. The molecule has 0 N–H and O–H groups in total. The van der Waals surface area contributed by atoms with Crippen molar-refractivity contribution in [3.8, 4) is 0 Å². The standard InChI is InChI=1S/C34H46BN2O2P/c1-12-39-32(38)21-36-37-40(22(2)3,23(4)5)31-16-14-13-15-30(31)35(33-26(8)17-24(6)18-27(33)9)34-28(10)19-25(7)20-29(34)11/h13-23H,12H2,1-11H3/b36-21+. The number of aryl methyl sites for hydroxylation is 6. The van der Waals surface area contributed by atoms with E-state index < -0.39 is 13.0 Å². The van der Waals surface area contributed by atoms with Gasteiger partial charge in [-0.15, -0.1) is 0 Å². The first kappa shape index (κ1) is 31.6. The normalized spacial score (nSPS) is 11.9. The second-order valence-corrected chi connectivity index (χ2v) is 15.8. The third-order valence-corrected chi connectivity index (χ3v) is 12.6. The van der Waals surface area contributed by atoms with Gasteiger partial charge in [0.05, 0.1) is 6.61 Å². The van der Waals surface area contributed by atoms with Crippen LogP contribution in [0.15, 0.2) is 58.5 Å². The van der Waals surface area contributed by atoms with E-state index in [-0.39, 0.29) is 18.0 Å². The van der Waals surface area contributed by atoms with Crippen LogP contribution in [-0.4, -0.2) is 36.8 Å². The smallest absolute Gasteiger partial charge is 0.351 e. The largest absolute Gasteiger partial charge is 0.462 e. The highest BCUT2D eigenvalue weighted by Gasteiger charge is 2.37. The van der Waals surface area contributed by atoms with Gasteiger partial charge in [-0.05, 0) is 65.1 Å². The van der Waals surface area contributed by atoms with E-state index in [4.69, 9.17) is 9.59 Å². The lowest BCUT2D eigenvalue weighted by Gasteiger charge is -2.35. The Hall–Kier alpha value is -2.91. The number of hydrogen-bond donors (Lipinski definition) is 0. The molecule has 0 atom stereocenters. The lowest BCUT2D eigenvalue weighted by atomic mass is 9.34. The van der Waals surface area contributed by atoms with Crippen LogP contribution >= 0.6 is 7.05 Å². The molecular weight excluding hydrogens is 510 g/mol. The first-order chi connectivity index (χ1) is 18.8. The Bertz CT molecular complexity index is 1360. The molecule has 0 radical (unpaired) electrons. The Kier molecular flexibility index (Phi) is 10.4. The van der Waals surface area contributed by atoms with Crippen molar-refractivity contribution in [1.29, 1.82) is 0 Å². The average Bonchev–Trinajstić information content (AvgIpc) is 2.84.